The Morgan fingerprint density at radius 1 is 0.407 bits per heavy atom. The largest absolute Gasteiger partial charge is 0.481 e. The second-order valence-electron chi connectivity index (χ2n) is 14.1. The Bertz CT molecular complexity index is 1360. The van der Waals surface area contributed by atoms with Crippen LogP contribution in [-0.2, 0) is 47.9 Å². The van der Waals surface area contributed by atoms with Gasteiger partial charge < -0.3 is 57.6 Å². The molecule has 7 amide bonds. The molecular weight excluding hydrogens is 778 g/mol. The smallest absolute Gasteiger partial charge is 0.326 e. The number of hydrogen-bond acceptors (Lipinski definition) is 12. The molecule has 0 bridgehead atoms. The van der Waals surface area contributed by atoms with Crippen molar-refractivity contribution in [2.24, 2.45) is 0 Å². The summed E-state index contributed by atoms with van der Waals surface area (Å²) >= 11 is 0. The summed E-state index contributed by atoms with van der Waals surface area (Å²) in [5.41, 5.74) is 0. The van der Waals surface area contributed by atoms with Gasteiger partial charge in [-0.3, -0.25) is 43.2 Å². The first kappa shape index (κ1) is 53.8. The summed E-state index contributed by atoms with van der Waals surface area (Å²) in [6.45, 7) is -2.69. The molecule has 3 atom stereocenters. The Labute approximate surface area is 344 Å². The van der Waals surface area contributed by atoms with Crippen LogP contribution in [-0.4, -0.2) is 137 Å². The molecule has 0 radical (unpaired) electrons. The highest BCUT2D eigenvalue weighted by Gasteiger charge is 2.24. The maximum absolute atomic E-state index is 12.4. The van der Waals surface area contributed by atoms with Gasteiger partial charge in [-0.1, -0.05) is 77.0 Å². The molecule has 21 nitrogen and oxygen atoms in total. The predicted octanol–water partition coefficient (Wildman–Crippen LogP) is -1.33. The van der Waals surface area contributed by atoms with Gasteiger partial charge in [0.2, 0.25) is 41.4 Å². The molecule has 0 saturated heterocycles. The fraction of sp³-hybridized carbons (Fsp3) is 0.737. The van der Waals surface area contributed by atoms with E-state index in [1.807, 2.05) is 0 Å². The third kappa shape index (κ3) is 30.6. The topological polar surface area (TPSA) is 336 Å². The Kier molecular flexibility index (Phi) is 30.8. The van der Waals surface area contributed by atoms with Gasteiger partial charge in [0.25, 0.3) is 0 Å². The van der Waals surface area contributed by atoms with Crippen LogP contribution in [0.15, 0.2) is 0 Å². The van der Waals surface area contributed by atoms with Gasteiger partial charge in [0.15, 0.2) is 0 Å². The number of Topliss-reactive ketones (excluding diaryl/α,β-unsaturated/α-hetero) is 1. The summed E-state index contributed by atoms with van der Waals surface area (Å²) < 4.78 is 0. The number of carboxylic acids is 2. The van der Waals surface area contributed by atoms with Crippen LogP contribution < -0.4 is 37.2 Å². The van der Waals surface area contributed by atoms with Gasteiger partial charge in [-0.2, -0.15) is 0 Å². The summed E-state index contributed by atoms with van der Waals surface area (Å²) in [6.07, 6.45) is 14.1. The summed E-state index contributed by atoms with van der Waals surface area (Å²) in [5.74, 6) is -8.02. The van der Waals surface area contributed by atoms with Crippen LogP contribution in [0.4, 0.5) is 0 Å². The molecule has 59 heavy (non-hydrogen) atoms. The number of amides is 7. The fourth-order valence-corrected chi connectivity index (χ4v) is 5.50. The van der Waals surface area contributed by atoms with Crippen LogP contribution in [0.2, 0.25) is 0 Å². The van der Waals surface area contributed by atoms with Crippen molar-refractivity contribution >= 4 is 59.1 Å². The van der Waals surface area contributed by atoms with Crippen molar-refractivity contribution in [3.05, 3.63) is 0 Å². The molecule has 21 heteroatoms. The number of aliphatic hydroxyl groups is 2. The number of carbonyl (C=O) groups is 10. The highest BCUT2D eigenvalue weighted by molar-refractivity contribution is 5.94. The Morgan fingerprint density at radius 3 is 1.19 bits per heavy atom. The molecule has 0 aromatic heterocycles. The Morgan fingerprint density at radius 2 is 0.780 bits per heavy atom. The van der Waals surface area contributed by atoms with Crippen molar-refractivity contribution in [1.29, 1.82) is 0 Å². The molecule has 1 unspecified atom stereocenters. The minimum absolute atomic E-state index is 0.142. The molecule has 11 N–H and O–H groups in total. The van der Waals surface area contributed by atoms with Crippen molar-refractivity contribution in [3.63, 3.8) is 0 Å². The molecule has 0 rings (SSSR count). The van der Waals surface area contributed by atoms with Crippen molar-refractivity contribution in [3.8, 4) is 0 Å². The summed E-state index contributed by atoms with van der Waals surface area (Å²) in [5, 5.41) is 52.6. The van der Waals surface area contributed by atoms with E-state index in [4.69, 9.17) is 5.11 Å². The van der Waals surface area contributed by atoms with E-state index >= 15 is 0 Å². The molecule has 0 heterocycles. The second kappa shape index (κ2) is 33.8. The Hall–Kier alpha value is -5.18. The number of aliphatic carboxylic acids is 2. The number of ketones is 1. The summed E-state index contributed by atoms with van der Waals surface area (Å²) in [6, 6.07) is -4.37. The van der Waals surface area contributed by atoms with Gasteiger partial charge in [-0.25, -0.2) is 4.79 Å². The zero-order valence-corrected chi connectivity index (χ0v) is 34.1. The maximum atomic E-state index is 12.4. The number of carbonyl (C=O) groups excluding carboxylic acids is 8. The Balaban J connectivity index is 4.28. The average molecular weight is 844 g/mol. The highest BCUT2D eigenvalue weighted by atomic mass is 16.4. The molecule has 0 aromatic rings. The standard InChI is InChI=1S/C38H65N7O14/c1-26(48)20-39-32(51)21-41-36(56)28(24-46)45-34(53)23-42-37(57)29(25-47)44-33(52)22-40-30(49)19-18-27(38(58)59)43-31(50)16-14-12-10-8-6-4-2-3-5-7-9-11-13-15-17-35(54)55/h27-29,46-47H,2-25H2,1H3,(H,39,51)(H,40,49)(H,41,56)(H,42,57)(H,43,50)(H,44,52)(H,45,53)(H,54,55)(H,58,59)/t27?,28-,29-/m0/s1. The normalized spacial score (nSPS) is 12.2. The van der Waals surface area contributed by atoms with Gasteiger partial charge in [0.05, 0.1) is 39.4 Å². The van der Waals surface area contributed by atoms with Gasteiger partial charge in [-0.05, 0) is 26.2 Å². The van der Waals surface area contributed by atoms with Crippen LogP contribution >= 0.6 is 0 Å². The van der Waals surface area contributed by atoms with Gasteiger partial charge in [0, 0.05) is 19.3 Å². The molecule has 0 aromatic carbocycles. The molecule has 0 aliphatic rings. The van der Waals surface area contributed by atoms with E-state index < -0.39 is 104 Å². The predicted molar refractivity (Wildman–Crippen MR) is 211 cm³/mol. The third-order valence-corrected chi connectivity index (χ3v) is 8.83. The minimum Gasteiger partial charge on any atom is -0.481 e. The summed E-state index contributed by atoms with van der Waals surface area (Å²) in [7, 11) is 0. The van der Waals surface area contributed by atoms with Crippen molar-refractivity contribution in [2.45, 2.75) is 141 Å². The fourth-order valence-electron chi connectivity index (χ4n) is 5.50. The average Bonchev–Trinajstić information content (AvgIpc) is 3.19. The van der Waals surface area contributed by atoms with Crippen molar-refractivity contribution in [2.75, 3.05) is 39.4 Å². The molecule has 0 aliphatic heterocycles. The van der Waals surface area contributed by atoms with E-state index in [0.29, 0.717) is 6.42 Å². The maximum Gasteiger partial charge on any atom is 0.326 e. The number of rotatable bonds is 36. The minimum atomic E-state index is -1.55. The number of carboxylic acid groups (broad SMARTS) is 2. The van der Waals surface area contributed by atoms with Crippen LogP contribution in [0.3, 0.4) is 0 Å². The molecule has 0 aliphatic carbocycles. The van der Waals surface area contributed by atoms with Crippen LogP contribution in [0.1, 0.15) is 122 Å². The first-order valence-electron chi connectivity index (χ1n) is 20.2. The van der Waals surface area contributed by atoms with Gasteiger partial charge >= 0.3 is 11.9 Å². The van der Waals surface area contributed by atoms with E-state index in [9.17, 15) is 63.3 Å². The van der Waals surface area contributed by atoms with E-state index in [0.717, 1.165) is 57.8 Å². The zero-order valence-electron chi connectivity index (χ0n) is 34.1. The monoisotopic (exact) mass is 843 g/mol. The number of unbranched alkanes of at least 4 members (excludes halogenated alkanes) is 13. The number of nitrogens with one attached hydrogen (secondary N) is 7. The van der Waals surface area contributed by atoms with E-state index in [1.54, 1.807) is 0 Å². The highest BCUT2D eigenvalue weighted by Crippen LogP contribution is 2.14. The molecular formula is C38H65N7O14. The lowest BCUT2D eigenvalue weighted by atomic mass is 10.0. The zero-order chi connectivity index (χ0) is 44.4. The SMILES string of the molecule is CC(=O)CNC(=O)CNC(=O)[C@H](CO)NC(=O)CNC(=O)[C@H](CO)NC(=O)CNC(=O)CCC(NC(=O)CCCCCCCCCCCCCCCCC(=O)O)C(=O)O. The van der Waals surface area contributed by atoms with Crippen LogP contribution in [0, 0.1) is 0 Å². The van der Waals surface area contributed by atoms with Gasteiger partial charge in [-0.15, -0.1) is 0 Å². The summed E-state index contributed by atoms with van der Waals surface area (Å²) in [4.78, 5) is 118. The van der Waals surface area contributed by atoms with Crippen molar-refractivity contribution in [1.82, 2.24) is 37.2 Å². The van der Waals surface area contributed by atoms with Crippen LogP contribution in [0.25, 0.3) is 0 Å². The van der Waals surface area contributed by atoms with E-state index in [1.165, 1.54) is 32.6 Å². The lowest BCUT2D eigenvalue weighted by Crippen LogP contribution is -2.55. The molecule has 0 spiro atoms. The molecule has 0 fully saturated rings. The van der Waals surface area contributed by atoms with E-state index in [2.05, 4.69) is 37.2 Å². The van der Waals surface area contributed by atoms with Crippen LogP contribution in [0.5, 0.6) is 0 Å². The second-order valence-corrected chi connectivity index (χ2v) is 14.1. The molecule has 336 valence electrons. The van der Waals surface area contributed by atoms with E-state index in [-0.39, 0.29) is 38.0 Å². The first-order valence-corrected chi connectivity index (χ1v) is 20.2. The lowest BCUT2D eigenvalue weighted by Gasteiger charge is -2.18. The number of aliphatic hydroxyl groups excluding tert-OH is 2. The molecule has 0 saturated carbocycles. The quantitative estimate of drug-likeness (QED) is 0.0326. The van der Waals surface area contributed by atoms with Gasteiger partial charge in [0.1, 0.15) is 23.9 Å². The first-order chi connectivity index (χ1) is 28.1. The third-order valence-electron chi connectivity index (χ3n) is 8.83. The lowest BCUT2D eigenvalue weighted by molar-refractivity contribution is -0.142. The van der Waals surface area contributed by atoms with Crippen molar-refractivity contribution < 1.29 is 68.4 Å². The number of hydrogen-bond donors (Lipinski definition) is 11.